The molecule has 0 saturated carbocycles. The summed E-state index contributed by atoms with van der Waals surface area (Å²) in [6.07, 6.45) is 0. The number of hydrogen-bond acceptors (Lipinski definition) is 2. The number of benzene rings is 7. The second-order valence-corrected chi connectivity index (χ2v) is 15.6. The summed E-state index contributed by atoms with van der Waals surface area (Å²) in [5.74, 6) is 0. The molecule has 0 N–H and O–H groups in total. The lowest BCUT2D eigenvalue weighted by molar-refractivity contribution is 1.18. The zero-order chi connectivity index (χ0) is 32.5. The second-order valence-electron chi connectivity index (χ2n) is 11.9. The molecule has 7 aromatic carbocycles. The summed E-state index contributed by atoms with van der Waals surface area (Å²) in [5, 5.41) is 28.6. The first-order chi connectivity index (χ1) is 23.8. The molecule has 0 spiro atoms. The maximum atomic E-state index is 10.9. The van der Waals surface area contributed by atoms with E-state index in [2.05, 4.69) is 168 Å². The molecule has 0 aliphatic rings. The van der Waals surface area contributed by atoms with E-state index in [0.29, 0.717) is 11.1 Å². The van der Waals surface area contributed by atoms with Crippen LogP contribution in [0.4, 0.5) is 0 Å². The summed E-state index contributed by atoms with van der Waals surface area (Å²) in [7, 11) is -3.10. The number of hydrogen-bond donors (Lipinski definition) is 0. The molecule has 3 nitrogen and oxygen atoms in total. The minimum absolute atomic E-state index is 0.524. The van der Waals surface area contributed by atoms with Gasteiger partial charge in [0.05, 0.1) is 40.0 Å². The molecule has 4 heteroatoms. The summed E-state index contributed by atoms with van der Waals surface area (Å²) >= 11 is 0. The largest absolute Gasteiger partial charge is 0.309 e. The summed E-state index contributed by atoms with van der Waals surface area (Å²) in [4.78, 5) is 0. The Bertz CT molecular complexity index is 2370. The zero-order valence-corrected chi connectivity index (χ0v) is 27.1. The Balaban J connectivity index is 1.58. The fourth-order valence-corrected chi connectivity index (χ4v) is 12.5. The van der Waals surface area contributed by atoms with Gasteiger partial charge in [-0.2, -0.15) is 10.5 Å². The van der Waals surface area contributed by atoms with Gasteiger partial charge in [-0.3, -0.25) is 0 Å². The molecule has 8 aromatic rings. The van der Waals surface area contributed by atoms with Crippen LogP contribution in [-0.4, -0.2) is 12.6 Å². The Morgan fingerprint density at radius 1 is 0.396 bits per heavy atom. The molecule has 48 heavy (non-hydrogen) atoms. The number of para-hydroxylation sites is 2. The number of rotatable bonds is 6. The van der Waals surface area contributed by atoms with Gasteiger partial charge in [0.15, 0.2) is 8.07 Å². The van der Waals surface area contributed by atoms with E-state index in [1.807, 2.05) is 24.3 Å². The van der Waals surface area contributed by atoms with Crippen molar-refractivity contribution in [3.63, 3.8) is 0 Å². The van der Waals surface area contributed by atoms with E-state index >= 15 is 0 Å². The minimum atomic E-state index is -3.10. The number of nitrogens with zero attached hydrogens (tertiary/aromatic N) is 3. The predicted molar refractivity (Wildman–Crippen MR) is 199 cm³/mol. The molecule has 0 aliphatic heterocycles. The molecule has 8 rings (SSSR count). The fourth-order valence-electron chi connectivity index (χ4n) is 7.52. The van der Waals surface area contributed by atoms with E-state index in [0.717, 1.165) is 43.8 Å². The predicted octanol–water partition coefficient (Wildman–Crippen LogP) is 7.57. The van der Waals surface area contributed by atoms with Crippen molar-refractivity contribution in [1.29, 1.82) is 10.5 Å². The van der Waals surface area contributed by atoms with Gasteiger partial charge in [-0.25, -0.2) is 0 Å². The van der Waals surface area contributed by atoms with Crippen LogP contribution in [0.15, 0.2) is 176 Å². The van der Waals surface area contributed by atoms with Gasteiger partial charge in [0, 0.05) is 21.9 Å². The van der Waals surface area contributed by atoms with Crippen LogP contribution in [0, 0.1) is 22.7 Å². The highest BCUT2D eigenvalue weighted by atomic mass is 28.3. The van der Waals surface area contributed by atoms with Crippen LogP contribution in [0.2, 0.25) is 0 Å². The first-order valence-corrected chi connectivity index (χ1v) is 18.0. The SMILES string of the molecule is N#Cc1cccc(-n2c3ccccc3c3ccccc32)c1-c1c(C#N)cccc1[Si](c1ccccc1)(c1ccccc1)c1ccccc1. The zero-order valence-electron chi connectivity index (χ0n) is 26.1. The Hall–Kier alpha value is -6.46. The Labute approximate surface area is 280 Å². The molecule has 0 aliphatic carbocycles. The van der Waals surface area contributed by atoms with Crippen LogP contribution in [-0.2, 0) is 0 Å². The number of fused-ring (bicyclic) bond motifs is 3. The molecular weight excluding hydrogens is 599 g/mol. The van der Waals surface area contributed by atoms with Gasteiger partial charge in [0.2, 0.25) is 0 Å². The van der Waals surface area contributed by atoms with Crippen molar-refractivity contribution < 1.29 is 0 Å². The first kappa shape index (κ1) is 29.0. The molecule has 0 saturated heterocycles. The second kappa shape index (κ2) is 12.0. The van der Waals surface area contributed by atoms with Crippen LogP contribution >= 0.6 is 0 Å². The van der Waals surface area contributed by atoms with Crippen LogP contribution in [0.3, 0.4) is 0 Å². The van der Waals surface area contributed by atoms with Gasteiger partial charge in [-0.05, 0) is 51.1 Å². The maximum Gasteiger partial charge on any atom is 0.180 e. The molecule has 0 bridgehead atoms. The van der Waals surface area contributed by atoms with Crippen molar-refractivity contribution in [1.82, 2.24) is 4.57 Å². The highest BCUT2D eigenvalue weighted by Crippen LogP contribution is 2.38. The molecule has 224 valence electrons. The van der Waals surface area contributed by atoms with Crippen LogP contribution in [0.5, 0.6) is 0 Å². The number of nitriles is 2. The molecule has 0 unspecified atom stereocenters. The van der Waals surface area contributed by atoms with E-state index in [-0.39, 0.29) is 0 Å². The van der Waals surface area contributed by atoms with Gasteiger partial charge < -0.3 is 4.57 Å². The molecule has 1 aromatic heterocycles. The smallest absolute Gasteiger partial charge is 0.180 e. The Kier molecular flexibility index (Phi) is 7.27. The van der Waals surface area contributed by atoms with Crippen molar-refractivity contribution in [3.05, 3.63) is 187 Å². The molecule has 0 fully saturated rings. The molecule has 0 atom stereocenters. The molecule has 0 radical (unpaired) electrons. The van der Waals surface area contributed by atoms with Crippen molar-refractivity contribution in [2.24, 2.45) is 0 Å². The average molecular weight is 628 g/mol. The van der Waals surface area contributed by atoms with E-state index in [4.69, 9.17) is 0 Å². The van der Waals surface area contributed by atoms with Gasteiger partial charge >= 0.3 is 0 Å². The molecule has 1 heterocycles. The summed E-state index contributed by atoms with van der Waals surface area (Å²) < 4.78 is 2.26. The fraction of sp³-hybridized carbons (Fsp3) is 0. The van der Waals surface area contributed by atoms with Gasteiger partial charge in [-0.1, -0.05) is 146 Å². The van der Waals surface area contributed by atoms with Crippen LogP contribution in [0.25, 0.3) is 38.6 Å². The monoisotopic (exact) mass is 627 g/mol. The van der Waals surface area contributed by atoms with E-state index in [1.165, 1.54) is 15.6 Å². The highest BCUT2D eigenvalue weighted by Gasteiger charge is 2.44. The standard InChI is InChI=1S/C44H29N3Si/c45-30-32-16-14-28-41(47-39-26-12-10-24-37(39)38-25-11-13-27-40(38)47)43(32)44-33(31-46)17-15-29-42(44)48(34-18-4-1-5-19-34,35-20-6-2-7-21-35)36-22-8-3-9-23-36/h1-29H. The van der Waals surface area contributed by atoms with E-state index in [1.54, 1.807) is 0 Å². The third-order valence-electron chi connectivity index (χ3n) is 9.44. The van der Waals surface area contributed by atoms with Crippen molar-refractivity contribution in [2.75, 3.05) is 0 Å². The lowest BCUT2D eigenvalue weighted by atomic mass is 9.94. The van der Waals surface area contributed by atoms with Gasteiger partial charge in [-0.15, -0.1) is 0 Å². The summed E-state index contributed by atoms with van der Waals surface area (Å²) in [6, 6.07) is 66.0. The summed E-state index contributed by atoms with van der Waals surface area (Å²) in [5.41, 5.74) is 5.59. The quantitative estimate of drug-likeness (QED) is 0.141. The summed E-state index contributed by atoms with van der Waals surface area (Å²) in [6.45, 7) is 0. The normalized spacial score (nSPS) is 11.3. The number of aromatic nitrogens is 1. The lowest BCUT2D eigenvalue weighted by Gasteiger charge is -2.36. The average Bonchev–Trinajstić information content (AvgIpc) is 3.50. The van der Waals surface area contributed by atoms with Crippen molar-refractivity contribution in [3.8, 4) is 29.0 Å². The van der Waals surface area contributed by atoms with Gasteiger partial charge in [0.1, 0.15) is 0 Å². The Morgan fingerprint density at radius 2 is 0.812 bits per heavy atom. The minimum Gasteiger partial charge on any atom is -0.309 e. The Morgan fingerprint density at radius 3 is 1.29 bits per heavy atom. The van der Waals surface area contributed by atoms with Crippen molar-refractivity contribution in [2.45, 2.75) is 0 Å². The highest BCUT2D eigenvalue weighted by molar-refractivity contribution is 7.20. The first-order valence-electron chi connectivity index (χ1n) is 16.0. The molecule has 0 amide bonds. The molecular formula is C44H29N3Si. The van der Waals surface area contributed by atoms with E-state index in [9.17, 15) is 10.5 Å². The van der Waals surface area contributed by atoms with E-state index < -0.39 is 8.07 Å². The van der Waals surface area contributed by atoms with Crippen LogP contribution in [0.1, 0.15) is 11.1 Å². The third-order valence-corrected chi connectivity index (χ3v) is 14.3. The third kappa shape index (κ3) is 4.40. The topological polar surface area (TPSA) is 52.5 Å². The van der Waals surface area contributed by atoms with Gasteiger partial charge in [0.25, 0.3) is 0 Å². The van der Waals surface area contributed by atoms with Crippen LogP contribution < -0.4 is 20.7 Å². The lowest BCUT2D eigenvalue weighted by Crippen LogP contribution is -2.75. The van der Waals surface area contributed by atoms with Crippen molar-refractivity contribution >= 4 is 50.6 Å². The maximum absolute atomic E-state index is 10.9.